The van der Waals surface area contributed by atoms with Gasteiger partial charge in [-0.15, -0.1) is 0 Å². The summed E-state index contributed by atoms with van der Waals surface area (Å²) in [6.45, 7) is 0. The first kappa shape index (κ1) is 12.3. The Morgan fingerprint density at radius 1 is 1.35 bits per heavy atom. The van der Waals surface area contributed by atoms with Crippen LogP contribution in [0.15, 0.2) is 12.1 Å². The maximum Gasteiger partial charge on any atom is 0.134 e. The third-order valence-electron chi connectivity index (χ3n) is 3.25. The lowest BCUT2D eigenvalue weighted by atomic mass is 10.00. The lowest BCUT2D eigenvalue weighted by molar-refractivity contribution is 0.398. The van der Waals surface area contributed by atoms with Gasteiger partial charge in [-0.1, -0.05) is 12.8 Å². The van der Waals surface area contributed by atoms with Gasteiger partial charge in [-0.25, -0.2) is 8.78 Å². The van der Waals surface area contributed by atoms with Crippen molar-refractivity contribution >= 4 is 0 Å². The summed E-state index contributed by atoms with van der Waals surface area (Å²) >= 11 is 0. The van der Waals surface area contributed by atoms with E-state index in [9.17, 15) is 8.78 Å². The third-order valence-corrected chi connectivity index (χ3v) is 3.25. The molecule has 0 spiro atoms. The zero-order valence-corrected chi connectivity index (χ0v) is 10.1. The van der Waals surface area contributed by atoms with Gasteiger partial charge in [0.25, 0.3) is 0 Å². The fourth-order valence-electron chi connectivity index (χ4n) is 2.08. The second kappa shape index (κ2) is 5.00. The maximum absolute atomic E-state index is 13.8. The van der Waals surface area contributed by atoms with Crippen LogP contribution >= 0.6 is 0 Å². The molecule has 4 heteroatoms. The molecule has 0 saturated heterocycles. The van der Waals surface area contributed by atoms with E-state index in [1.54, 1.807) is 7.05 Å². The molecule has 2 rings (SSSR count). The van der Waals surface area contributed by atoms with Gasteiger partial charge in [0.05, 0.1) is 7.11 Å². The molecule has 1 unspecified atom stereocenters. The topological polar surface area (TPSA) is 21.3 Å². The van der Waals surface area contributed by atoms with E-state index in [2.05, 4.69) is 5.32 Å². The minimum atomic E-state index is -0.540. The molecule has 0 radical (unpaired) electrons. The molecule has 2 nitrogen and oxygen atoms in total. The number of halogens is 2. The quantitative estimate of drug-likeness (QED) is 0.855. The number of nitrogens with one attached hydrogen (secondary N) is 1. The molecule has 1 saturated carbocycles. The summed E-state index contributed by atoms with van der Waals surface area (Å²) in [4.78, 5) is 0. The molecule has 17 heavy (non-hydrogen) atoms. The second-order valence-corrected chi connectivity index (χ2v) is 4.53. The van der Waals surface area contributed by atoms with Crippen molar-refractivity contribution in [2.24, 2.45) is 5.92 Å². The minimum absolute atomic E-state index is 0.125. The molecule has 1 aromatic carbocycles. The summed E-state index contributed by atoms with van der Waals surface area (Å²) in [6, 6.07) is 2.21. The normalized spacial score (nSPS) is 16.9. The molecule has 0 bridgehead atoms. The predicted octanol–water partition coefficient (Wildman–Crippen LogP) is 3.03. The van der Waals surface area contributed by atoms with Crippen LogP contribution in [0.2, 0.25) is 0 Å². The molecule has 1 aliphatic carbocycles. The summed E-state index contributed by atoms with van der Waals surface area (Å²) in [5, 5.41) is 2.99. The number of hydrogen-bond acceptors (Lipinski definition) is 2. The van der Waals surface area contributed by atoms with Crippen molar-refractivity contribution in [3.8, 4) is 5.75 Å². The highest BCUT2D eigenvalue weighted by Crippen LogP contribution is 2.39. The molecule has 1 aromatic rings. The van der Waals surface area contributed by atoms with Crippen LogP contribution in [0.3, 0.4) is 0 Å². The molecule has 1 aliphatic rings. The van der Waals surface area contributed by atoms with Crippen LogP contribution in [0, 0.1) is 17.6 Å². The molecule has 0 amide bonds. The highest BCUT2D eigenvalue weighted by atomic mass is 19.1. The minimum Gasteiger partial charge on any atom is -0.497 e. The smallest absolute Gasteiger partial charge is 0.134 e. The Bertz CT molecular complexity index is 381. The van der Waals surface area contributed by atoms with Crippen molar-refractivity contribution in [3.05, 3.63) is 29.3 Å². The van der Waals surface area contributed by atoms with E-state index in [1.165, 1.54) is 19.2 Å². The van der Waals surface area contributed by atoms with Crippen LogP contribution in [0.4, 0.5) is 8.78 Å². The molecule has 1 N–H and O–H groups in total. The van der Waals surface area contributed by atoms with Gasteiger partial charge in [0, 0.05) is 23.7 Å². The van der Waals surface area contributed by atoms with Gasteiger partial charge in [-0.2, -0.15) is 0 Å². The van der Waals surface area contributed by atoms with Crippen molar-refractivity contribution in [3.63, 3.8) is 0 Å². The summed E-state index contributed by atoms with van der Waals surface area (Å²) in [5.74, 6) is -0.262. The fourth-order valence-corrected chi connectivity index (χ4v) is 2.08. The van der Waals surface area contributed by atoms with E-state index in [0.29, 0.717) is 5.92 Å². The van der Waals surface area contributed by atoms with Gasteiger partial charge >= 0.3 is 0 Å². The zero-order valence-electron chi connectivity index (χ0n) is 10.1. The van der Waals surface area contributed by atoms with E-state index in [0.717, 1.165) is 19.3 Å². The highest BCUT2D eigenvalue weighted by Gasteiger charge is 2.28. The summed E-state index contributed by atoms with van der Waals surface area (Å²) in [7, 11) is 3.13. The SMILES string of the molecule is CNC(CC1CC1)c1c(F)cc(OC)cc1F. The molecular weight excluding hydrogens is 224 g/mol. The lowest BCUT2D eigenvalue weighted by Crippen LogP contribution is -2.20. The molecule has 0 heterocycles. The van der Waals surface area contributed by atoms with E-state index in [-0.39, 0.29) is 17.4 Å². The van der Waals surface area contributed by atoms with Crippen molar-refractivity contribution in [2.45, 2.75) is 25.3 Å². The third kappa shape index (κ3) is 2.75. The van der Waals surface area contributed by atoms with Crippen molar-refractivity contribution < 1.29 is 13.5 Å². The Balaban J connectivity index is 2.28. The zero-order chi connectivity index (χ0) is 12.4. The van der Waals surface area contributed by atoms with E-state index in [1.807, 2.05) is 0 Å². The first-order chi connectivity index (χ1) is 8.15. The Kier molecular flexibility index (Phi) is 3.62. The number of hydrogen-bond donors (Lipinski definition) is 1. The van der Waals surface area contributed by atoms with Crippen LogP contribution in [-0.4, -0.2) is 14.2 Å². The van der Waals surface area contributed by atoms with Crippen LogP contribution in [-0.2, 0) is 0 Å². The second-order valence-electron chi connectivity index (χ2n) is 4.53. The lowest BCUT2D eigenvalue weighted by Gasteiger charge is -2.18. The standard InChI is InChI=1S/C13H17F2NO/c1-16-12(5-8-3-4-8)13-10(14)6-9(17-2)7-11(13)15/h6-8,12,16H,3-5H2,1-2H3. The van der Waals surface area contributed by atoms with Gasteiger partial charge in [-0.05, 0) is 19.4 Å². The average molecular weight is 241 g/mol. The van der Waals surface area contributed by atoms with Crippen LogP contribution in [0.1, 0.15) is 30.9 Å². The Hall–Kier alpha value is -1.16. The number of rotatable bonds is 5. The number of benzene rings is 1. The highest BCUT2D eigenvalue weighted by molar-refractivity contribution is 5.32. The summed E-state index contributed by atoms with van der Waals surface area (Å²) in [6.07, 6.45) is 3.12. The first-order valence-corrected chi connectivity index (χ1v) is 5.86. The molecule has 0 aliphatic heterocycles. The van der Waals surface area contributed by atoms with Gasteiger partial charge in [0.1, 0.15) is 17.4 Å². The van der Waals surface area contributed by atoms with Crippen LogP contribution < -0.4 is 10.1 Å². The van der Waals surface area contributed by atoms with Gasteiger partial charge in [0.15, 0.2) is 0 Å². The van der Waals surface area contributed by atoms with Crippen LogP contribution in [0.5, 0.6) is 5.75 Å². The van der Waals surface area contributed by atoms with E-state index < -0.39 is 11.6 Å². The summed E-state index contributed by atoms with van der Waals surface area (Å²) < 4.78 is 32.5. The molecular formula is C13H17F2NO. The van der Waals surface area contributed by atoms with Gasteiger partial charge in [-0.3, -0.25) is 0 Å². The van der Waals surface area contributed by atoms with E-state index in [4.69, 9.17) is 4.74 Å². The molecule has 1 atom stereocenters. The maximum atomic E-state index is 13.8. The predicted molar refractivity (Wildman–Crippen MR) is 62.1 cm³/mol. The van der Waals surface area contributed by atoms with Crippen LogP contribution in [0.25, 0.3) is 0 Å². The Morgan fingerprint density at radius 3 is 2.35 bits per heavy atom. The van der Waals surface area contributed by atoms with E-state index >= 15 is 0 Å². The van der Waals surface area contributed by atoms with Crippen molar-refractivity contribution in [2.75, 3.05) is 14.2 Å². The van der Waals surface area contributed by atoms with Crippen molar-refractivity contribution in [1.82, 2.24) is 5.32 Å². The monoisotopic (exact) mass is 241 g/mol. The number of methoxy groups -OCH3 is 1. The molecule has 0 aromatic heterocycles. The number of ether oxygens (including phenoxy) is 1. The Labute approximate surface area is 100.0 Å². The van der Waals surface area contributed by atoms with Crippen molar-refractivity contribution in [1.29, 1.82) is 0 Å². The molecule has 1 fully saturated rings. The van der Waals surface area contributed by atoms with Gasteiger partial charge in [0.2, 0.25) is 0 Å². The summed E-state index contributed by atoms with van der Waals surface area (Å²) in [5.41, 5.74) is 0.125. The largest absolute Gasteiger partial charge is 0.497 e. The fraction of sp³-hybridized carbons (Fsp3) is 0.538. The average Bonchev–Trinajstić information content (AvgIpc) is 3.10. The first-order valence-electron chi connectivity index (χ1n) is 5.86. The molecule has 94 valence electrons. The Morgan fingerprint density at radius 2 is 1.94 bits per heavy atom. The van der Waals surface area contributed by atoms with Gasteiger partial charge < -0.3 is 10.1 Å².